The van der Waals surface area contributed by atoms with E-state index < -0.39 is 0 Å². The molecule has 0 bridgehead atoms. The Balaban J connectivity index is 2.16. The van der Waals surface area contributed by atoms with Crippen molar-refractivity contribution in [3.05, 3.63) is 56.2 Å². The van der Waals surface area contributed by atoms with Gasteiger partial charge in [-0.25, -0.2) is 0 Å². The van der Waals surface area contributed by atoms with Crippen LogP contribution in [0.15, 0.2) is 30.3 Å². The van der Waals surface area contributed by atoms with Gasteiger partial charge in [0.05, 0.1) is 0 Å². The number of hydrogen-bond donors (Lipinski definition) is 1. The Hall–Kier alpha value is -0.830. The third kappa shape index (κ3) is 3.09. The van der Waals surface area contributed by atoms with Crippen LogP contribution < -0.4 is 5.73 Å². The van der Waals surface area contributed by atoms with Gasteiger partial charge in [0, 0.05) is 20.8 Å². The fourth-order valence-corrected chi connectivity index (χ4v) is 3.26. The van der Waals surface area contributed by atoms with Crippen LogP contribution in [0.2, 0.25) is 5.02 Å². The minimum atomic E-state index is 0.0541. The zero-order valence-electron chi connectivity index (χ0n) is 10.0. The highest BCUT2D eigenvalue weighted by Crippen LogP contribution is 2.27. The van der Waals surface area contributed by atoms with Gasteiger partial charge in [-0.15, -0.1) is 11.3 Å². The van der Waals surface area contributed by atoms with Crippen molar-refractivity contribution in [1.82, 2.24) is 0 Å². The molecule has 1 heterocycles. The van der Waals surface area contributed by atoms with Gasteiger partial charge in [-0.2, -0.15) is 0 Å². The van der Waals surface area contributed by atoms with E-state index >= 15 is 0 Å². The molecule has 0 aliphatic heterocycles. The lowest BCUT2D eigenvalue weighted by molar-refractivity contribution is 0.720. The summed E-state index contributed by atoms with van der Waals surface area (Å²) in [6, 6.07) is 10.1. The smallest absolute Gasteiger partial charge is 0.0408 e. The van der Waals surface area contributed by atoms with Crippen LogP contribution in [0.5, 0.6) is 0 Å². The first-order valence-electron chi connectivity index (χ1n) is 5.63. The third-order valence-electron chi connectivity index (χ3n) is 2.82. The average Bonchev–Trinajstić information content (AvgIpc) is 2.58. The molecule has 1 nitrogen and oxygen atoms in total. The van der Waals surface area contributed by atoms with Crippen LogP contribution in [0.1, 0.15) is 26.9 Å². The first kappa shape index (κ1) is 12.6. The number of aryl methyl sites for hydroxylation is 2. The first-order valence-corrected chi connectivity index (χ1v) is 6.82. The summed E-state index contributed by atoms with van der Waals surface area (Å²) in [5.74, 6) is 0. The molecule has 0 saturated carbocycles. The molecule has 0 aliphatic rings. The Morgan fingerprint density at radius 3 is 2.65 bits per heavy atom. The maximum absolute atomic E-state index is 6.25. The van der Waals surface area contributed by atoms with E-state index in [1.165, 1.54) is 20.9 Å². The minimum absolute atomic E-state index is 0.0541. The van der Waals surface area contributed by atoms with Crippen LogP contribution in [-0.2, 0) is 6.42 Å². The monoisotopic (exact) mass is 265 g/mol. The number of rotatable bonds is 3. The molecule has 0 aliphatic carbocycles. The Morgan fingerprint density at radius 2 is 2.06 bits per heavy atom. The van der Waals surface area contributed by atoms with E-state index in [2.05, 4.69) is 26.0 Å². The number of hydrogen-bond acceptors (Lipinski definition) is 2. The van der Waals surface area contributed by atoms with Crippen molar-refractivity contribution in [3.8, 4) is 0 Å². The van der Waals surface area contributed by atoms with Gasteiger partial charge in [0.2, 0.25) is 0 Å². The van der Waals surface area contributed by atoms with Gasteiger partial charge in [0.15, 0.2) is 0 Å². The predicted molar refractivity (Wildman–Crippen MR) is 75.9 cm³/mol. The van der Waals surface area contributed by atoms with E-state index in [9.17, 15) is 0 Å². The standard InChI is InChI=1S/C14H16ClNS/c1-9-6-13(10(2)17-9)14(16)8-11-4-3-5-12(15)7-11/h3-7,14H,8,16H2,1-2H3. The predicted octanol–water partition coefficient (Wildman–Crippen LogP) is 4.26. The first-order chi connectivity index (χ1) is 8.06. The molecule has 0 fully saturated rings. The second-order valence-electron chi connectivity index (χ2n) is 4.31. The van der Waals surface area contributed by atoms with Crippen LogP contribution in [0.25, 0.3) is 0 Å². The molecular formula is C14H16ClNS. The van der Waals surface area contributed by atoms with E-state index in [1.807, 2.05) is 18.2 Å². The number of halogens is 1. The van der Waals surface area contributed by atoms with Gasteiger partial charge >= 0.3 is 0 Å². The lowest BCUT2D eigenvalue weighted by atomic mass is 10.0. The molecule has 0 spiro atoms. The van der Waals surface area contributed by atoms with Gasteiger partial charge in [0.25, 0.3) is 0 Å². The van der Waals surface area contributed by atoms with E-state index in [4.69, 9.17) is 17.3 Å². The zero-order chi connectivity index (χ0) is 12.4. The number of benzene rings is 1. The van der Waals surface area contributed by atoms with Crippen molar-refractivity contribution < 1.29 is 0 Å². The molecule has 2 aromatic rings. The van der Waals surface area contributed by atoms with Gasteiger partial charge in [-0.1, -0.05) is 23.7 Å². The maximum Gasteiger partial charge on any atom is 0.0408 e. The Kier molecular flexibility index (Phi) is 3.87. The summed E-state index contributed by atoms with van der Waals surface area (Å²) in [6.07, 6.45) is 0.831. The highest BCUT2D eigenvalue weighted by Gasteiger charge is 2.12. The van der Waals surface area contributed by atoms with E-state index in [-0.39, 0.29) is 6.04 Å². The molecular weight excluding hydrogens is 250 g/mol. The molecule has 2 rings (SSSR count). The van der Waals surface area contributed by atoms with Gasteiger partial charge < -0.3 is 5.73 Å². The number of thiophene rings is 1. The second-order valence-corrected chi connectivity index (χ2v) is 6.21. The summed E-state index contributed by atoms with van der Waals surface area (Å²) in [5.41, 5.74) is 8.70. The number of nitrogens with two attached hydrogens (primary N) is 1. The largest absolute Gasteiger partial charge is 0.324 e. The van der Waals surface area contributed by atoms with Crippen molar-refractivity contribution in [1.29, 1.82) is 0 Å². The topological polar surface area (TPSA) is 26.0 Å². The quantitative estimate of drug-likeness (QED) is 0.882. The summed E-state index contributed by atoms with van der Waals surface area (Å²) in [5, 5.41) is 0.771. The second kappa shape index (κ2) is 5.21. The van der Waals surface area contributed by atoms with E-state index in [0.29, 0.717) is 0 Å². The Bertz CT molecular complexity index is 519. The molecule has 1 unspecified atom stereocenters. The molecule has 1 aromatic heterocycles. The van der Waals surface area contributed by atoms with Crippen LogP contribution in [-0.4, -0.2) is 0 Å². The summed E-state index contributed by atoms with van der Waals surface area (Å²) in [6.45, 7) is 4.25. The Morgan fingerprint density at radius 1 is 1.29 bits per heavy atom. The molecule has 3 heteroatoms. The molecule has 90 valence electrons. The summed E-state index contributed by atoms with van der Waals surface area (Å²) in [7, 11) is 0. The molecule has 0 amide bonds. The highest BCUT2D eigenvalue weighted by atomic mass is 35.5. The third-order valence-corrected chi connectivity index (χ3v) is 4.04. The van der Waals surface area contributed by atoms with Crippen molar-refractivity contribution in [2.24, 2.45) is 5.73 Å². The minimum Gasteiger partial charge on any atom is -0.324 e. The Labute approximate surface area is 111 Å². The average molecular weight is 266 g/mol. The lowest BCUT2D eigenvalue weighted by Gasteiger charge is -2.11. The molecule has 0 radical (unpaired) electrons. The van der Waals surface area contributed by atoms with Gasteiger partial charge in [0.1, 0.15) is 0 Å². The summed E-state index contributed by atoms with van der Waals surface area (Å²) >= 11 is 7.78. The van der Waals surface area contributed by atoms with Crippen molar-refractivity contribution in [3.63, 3.8) is 0 Å². The van der Waals surface area contributed by atoms with Gasteiger partial charge in [-0.05, 0) is 49.6 Å². The van der Waals surface area contributed by atoms with E-state index in [1.54, 1.807) is 11.3 Å². The lowest BCUT2D eigenvalue weighted by Crippen LogP contribution is -2.13. The van der Waals surface area contributed by atoms with Crippen molar-refractivity contribution >= 4 is 22.9 Å². The van der Waals surface area contributed by atoms with Crippen LogP contribution in [0.4, 0.5) is 0 Å². The van der Waals surface area contributed by atoms with Crippen LogP contribution >= 0.6 is 22.9 Å². The fourth-order valence-electron chi connectivity index (χ4n) is 2.05. The SMILES string of the molecule is Cc1cc(C(N)Cc2cccc(Cl)c2)c(C)s1. The van der Waals surface area contributed by atoms with Crippen LogP contribution in [0, 0.1) is 13.8 Å². The maximum atomic E-state index is 6.25. The highest BCUT2D eigenvalue weighted by molar-refractivity contribution is 7.12. The molecule has 0 saturated heterocycles. The zero-order valence-corrected chi connectivity index (χ0v) is 11.6. The summed E-state index contributed by atoms with van der Waals surface area (Å²) in [4.78, 5) is 2.64. The molecule has 2 N–H and O–H groups in total. The van der Waals surface area contributed by atoms with Crippen molar-refractivity contribution in [2.45, 2.75) is 26.3 Å². The molecule has 17 heavy (non-hydrogen) atoms. The van der Waals surface area contributed by atoms with E-state index in [0.717, 1.165) is 11.4 Å². The normalized spacial score (nSPS) is 12.7. The molecule has 1 aromatic carbocycles. The van der Waals surface area contributed by atoms with Crippen LogP contribution in [0.3, 0.4) is 0 Å². The van der Waals surface area contributed by atoms with Gasteiger partial charge in [-0.3, -0.25) is 0 Å². The van der Waals surface area contributed by atoms with Crippen molar-refractivity contribution in [2.75, 3.05) is 0 Å². The summed E-state index contributed by atoms with van der Waals surface area (Å²) < 4.78 is 0. The fraction of sp³-hybridized carbons (Fsp3) is 0.286. The molecule has 1 atom stereocenters.